The van der Waals surface area contributed by atoms with Crippen LogP contribution in [0.15, 0.2) is 46.9 Å². The molecule has 23 heavy (non-hydrogen) atoms. The molecule has 1 atom stereocenters. The van der Waals surface area contributed by atoms with Crippen molar-refractivity contribution in [1.82, 2.24) is 5.32 Å². The van der Waals surface area contributed by atoms with Gasteiger partial charge >= 0.3 is 0 Å². The minimum absolute atomic E-state index is 0.0836. The molecular formula is C17H17BrClNO3. The largest absolute Gasteiger partial charge is 0.496 e. The number of halogens is 2. The number of carbonyl (C=O) groups excluding carboxylic acids is 1. The van der Waals surface area contributed by atoms with E-state index in [1.165, 1.54) is 0 Å². The van der Waals surface area contributed by atoms with Crippen LogP contribution in [0.3, 0.4) is 0 Å². The molecule has 0 aliphatic carbocycles. The Bertz CT molecular complexity index is 693. The zero-order valence-electron chi connectivity index (χ0n) is 12.8. The molecule has 6 heteroatoms. The first-order valence-electron chi connectivity index (χ1n) is 7.01. The van der Waals surface area contributed by atoms with Crippen molar-refractivity contribution in [3.05, 3.63) is 57.5 Å². The maximum Gasteiger partial charge on any atom is 0.258 e. The van der Waals surface area contributed by atoms with Crippen LogP contribution in [0.4, 0.5) is 0 Å². The molecule has 0 unspecified atom stereocenters. The molecule has 4 nitrogen and oxygen atoms in total. The van der Waals surface area contributed by atoms with Gasteiger partial charge in [0.25, 0.3) is 5.91 Å². The lowest BCUT2D eigenvalue weighted by Gasteiger charge is -2.17. The van der Waals surface area contributed by atoms with Gasteiger partial charge in [0.05, 0.1) is 17.6 Å². The van der Waals surface area contributed by atoms with Gasteiger partial charge in [-0.05, 0) is 47.1 Å². The maximum absolute atomic E-state index is 12.1. The number of hydrogen-bond acceptors (Lipinski definition) is 3. The minimum Gasteiger partial charge on any atom is -0.496 e. The third-order valence-corrected chi connectivity index (χ3v) is 4.09. The van der Waals surface area contributed by atoms with Crippen LogP contribution < -0.4 is 14.8 Å². The molecule has 0 aliphatic heterocycles. The fourth-order valence-corrected chi connectivity index (χ4v) is 2.92. The number of amides is 1. The lowest BCUT2D eigenvalue weighted by molar-refractivity contribution is -0.123. The van der Waals surface area contributed by atoms with Crippen molar-refractivity contribution in [1.29, 1.82) is 0 Å². The Kier molecular flexibility index (Phi) is 6.30. The van der Waals surface area contributed by atoms with Crippen LogP contribution in [0.25, 0.3) is 0 Å². The molecule has 2 aromatic rings. The van der Waals surface area contributed by atoms with Gasteiger partial charge in [-0.2, -0.15) is 0 Å². The number of hydrogen-bond donors (Lipinski definition) is 1. The number of benzene rings is 2. The van der Waals surface area contributed by atoms with Crippen LogP contribution in [0, 0.1) is 0 Å². The van der Waals surface area contributed by atoms with Crippen LogP contribution in [0.2, 0.25) is 5.02 Å². The van der Waals surface area contributed by atoms with E-state index in [-0.39, 0.29) is 18.6 Å². The highest BCUT2D eigenvalue weighted by molar-refractivity contribution is 9.10. The number of para-hydroxylation sites is 1. The average Bonchev–Trinajstić information content (AvgIpc) is 2.54. The molecule has 1 N–H and O–H groups in total. The van der Waals surface area contributed by atoms with Gasteiger partial charge in [0.2, 0.25) is 0 Å². The standard InChI is InChI=1S/C17H17BrClNO3/c1-11(13-5-3-4-6-15(13)22-2)20-17(21)10-23-16-8-7-12(19)9-14(16)18/h3-9,11H,10H2,1-2H3,(H,20,21)/t11-/m1/s1. The molecule has 0 saturated heterocycles. The van der Waals surface area contributed by atoms with Crippen molar-refractivity contribution in [2.75, 3.05) is 13.7 Å². The molecule has 0 radical (unpaired) electrons. The number of nitrogens with one attached hydrogen (secondary N) is 1. The second kappa shape index (κ2) is 8.22. The van der Waals surface area contributed by atoms with Gasteiger partial charge in [-0.25, -0.2) is 0 Å². The van der Waals surface area contributed by atoms with Crippen LogP contribution in [-0.4, -0.2) is 19.6 Å². The Morgan fingerprint density at radius 1 is 1.26 bits per heavy atom. The second-order valence-corrected chi connectivity index (χ2v) is 6.19. The molecule has 0 aromatic heterocycles. The van der Waals surface area contributed by atoms with E-state index < -0.39 is 0 Å². The Morgan fingerprint density at radius 2 is 2.00 bits per heavy atom. The molecule has 0 bridgehead atoms. The Labute approximate surface area is 148 Å². The lowest BCUT2D eigenvalue weighted by atomic mass is 10.1. The van der Waals surface area contributed by atoms with Crippen molar-refractivity contribution in [3.8, 4) is 11.5 Å². The fourth-order valence-electron chi connectivity index (χ4n) is 2.12. The zero-order chi connectivity index (χ0) is 16.8. The quantitative estimate of drug-likeness (QED) is 0.786. The van der Waals surface area contributed by atoms with Crippen molar-refractivity contribution < 1.29 is 14.3 Å². The third kappa shape index (κ3) is 4.88. The molecule has 2 aromatic carbocycles. The van der Waals surface area contributed by atoms with E-state index in [0.717, 1.165) is 11.3 Å². The van der Waals surface area contributed by atoms with Gasteiger partial charge in [-0.1, -0.05) is 29.8 Å². The first kappa shape index (κ1) is 17.6. The Morgan fingerprint density at radius 3 is 2.70 bits per heavy atom. The highest BCUT2D eigenvalue weighted by atomic mass is 79.9. The maximum atomic E-state index is 12.1. The summed E-state index contributed by atoms with van der Waals surface area (Å²) in [4.78, 5) is 12.1. The Hall–Kier alpha value is -1.72. The molecule has 1 amide bonds. The van der Waals surface area contributed by atoms with Gasteiger partial charge < -0.3 is 14.8 Å². The molecule has 0 heterocycles. The number of rotatable bonds is 6. The van der Waals surface area contributed by atoms with E-state index in [1.807, 2.05) is 31.2 Å². The van der Waals surface area contributed by atoms with Crippen molar-refractivity contribution in [3.63, 3.8) is 0 Å². The van der Waals surface area contributed by atoms with Crippen molar-refractivity contribution in [2.24, 2.45) is 0 Å². The lowest BCUT2D eigenvalue weighted by Crippen LogP contribution is -2.31. The van der Waals surface area contributed by atoms with Crippen LogP contribution in [0.1, 0.15) is 18.5 Å². The third-order valence-electron chi connectivity index (χ3n) is 3.24. The van der Waals surface area contributed by atoms with Gasteiger partial charge in [0.15, 0.2) is 6.61 Å². The molecule has 0 spiro atoms. The monoisotopic (exact) mass is 397 g/mol. The van der Waals surface area contributed by atoms with Gasteiger partial charge in [-0.15, -0.1) is 0 Å². The zero-order valence-corrected chi connectivity index (χ0v) is 15.1. The van der Waals surface area contributed by atoms with E-state index >= 15 is 0 Å². The van der Waals surface area contributed by atoms with Crippen molar-refractivity contribution >= 4 is 33.4 Å². The number of ether oxygens (including phenoxy) is 2. The van der Waals surface area contributed by atoms with E-state index in [4.69, 9.17) is 21.1 Å². The minimum atomic E-state index is -0.217. The smallest absolute Gasteiger partial charge is 0.258 e. The van der Waals surface area contributed by atoms with Crippen molar-refractivity contribution in [2.45, 2.75) is 13.0 Å². The SMILES string of the molecule is COc1ccccc1[C@@H](C)NC(=O)COc1ccc(Cl)cc1Br. The van der Waals surface area contributed by atoms with Crippen LogP contribution in [-0.2, 0) is 4.79 Å². The number of carbonyl (C=O) groups is 1. The van der Waals surface area contributed by atoms with Gasteiger partial charge in [0.1, 0.15) is 11.5 Å². The van der Waals surface area contributed by atoms with Gasteiger partial charge in [-0.3, -0.25) is 4.79 Å². The summed E-state index contributed by atoms with van der Waals surface area (Å²) in [7, 11) is 1.61. The van der Waals surface area contributed by atoms with E-state index in [2.05, 4.69) is 21.2 Å². The van der Waals surface area contributed by atoms with E-state index in [1.54, 1.807) is 25.3 Å². The summed E-state index contributed by atoms with van der Waals surface area (Å²) in [6.07, 6.45) is 0. The van der Waals surface area contributed by atoms with Gasteiger partial charge in [0, 0.05) is 10.6 Å². The summed E-state index contributed by atoms with van der Waals surface area (Å²) in [5.74, 6) is 1.08. The average molecular weight is 399 g/mol. The molecule has 0 aliphatic rings. The van der Waals surface area contributed by atoms with Crippen LogP contribution in [0.5, 0.6) is 11.5 Å². The highest BCUT2D eigenvalue weighted by Gasteiger charge is 2.14. The summed E-state index contributed by atoms with van der Waals surface area (Å²) in [5.41, 5.74) is 0.913. The van der Waals surface area contributed by atoms with E-state index in [9.17, 15) is 4.79 Å². The summed E-state index contributed by atoms with van der Waals surface area (Å²) < 4.78 is 11.5. The summed E-state index contributed by atoms with van der Waals surface area (Å²) >= 11 is 9.21. The molecule has 122 valence electrons. The normalized spacial score (nSPS) is 11.7. The highest BCUT2D eigenvalue weighted by Crippen LogP contribution is 2.28. The molecule has 0 fully saturated rings. The first-order valence-corrected chi connectivity index (χ1v) is 8.18. The van der Waals surface area contributed by atoms with E-state index in [0.29, 0.717) is 15.2 Å². The second-order valence-electron chi connectivity index (χ2n) is 4.89. The summed E-state index contributed by atoms with van der Waals surface area (Å²) in [6, 6.07) is 12.5. The predicted molar refractivity (Wildman–Crippen MR) is 94.2 cm³/mol. The first-order chi connectivity index (χ1) is 11.0. The topological polar surface area (TPSA) is 47.6 Å². The van der Waals surface area contributed by atoms with Crippen LogP contribution >= 0.6 is 27.5 Å². The molecule has 0 saturated carbocycles. The fraction of sp³-hybridized carbons (Fsp3) is 0.235. The summed E-state index contributed by atoms with van der Waals surface area (Å²) in [5, 5.41) is 3.48. The number of methoxy groups -OCH3 is 1. The Balaban J connectivity index is 1.94. The summed E-state index contributed by atoms with van der Waals surface area (Å²) in [6.45, 7) is 1.81. The molecule has 2 rings (SSSR count). The molecular weight excluding hydrogens is 382 g/mol. The predicted octanol–water partition coefficient (Wildman–Crippen LogP) is 4.37.